The van der Waals surface area contributed by atoms with Gasteiger partial charge in [-0.05, 0) is 13.0 Å². The van der Waals surface area contributed by atoms with Crippen LogP contribution in [0.5, 0.6) is 0 Å². The summed E-state index contributed by atoms with van der Waals surface area (Å²) in [5.74, 6) is -1.92. The van der Waals surface area contributed by atoms with Gasteiger partial charge in [0.2, 0.25) is 0 Å². The summed E-state index contributed by atoms with van der Waals surface area (Å²) in [7, 11) is 2.95. The standard InChI is InChI=1S/C12H16N2O5/c1-7(15)8-4-10(14(2)5-8)11(16)13-9(6-19-3)12(17)18/h4-5,9H,6H2,1-3H3,(H,13,16)(H,17,18). The van der Waals surface area contributed by atoms with E-state index in [1.165, 1.54) is 30.9 Å². The lowest BCUT2D eigenvalue weighted by Crippen LogP contribution is -2.44. The Morgan fingerprint density at radius 1 is 1.47 bits per heavy atom. The molecular weight excluding hydrogens is 252 g/mol. The summed E-state index contributed by atoms with van der Waals surface area (Å²) in [4.78, 5) is 34.0. The number of carbonyl (C=O) groups excluding carboxylic acids is 2. The summed E-state index contributed by atoms with van der Waals surface area (Å²) in [5, 5.41) is 11.2. The number of aryl methyl sites for hydroxylation is 1. The maximum absolute atomic E-state index is 11.9. The molecule has 0 spiro atoms. The number of carboxylic acids is 1. The first-order valence-electron chi connectivity index (χ1n) is 5.56. The highest BCUT2D eigenvalue weighted by Gasteiger charge is 2.22. The van der Waals surface area contributed by atoms with Crippen molar-refractivity contribution in [2.45, 2.75) is 13.0 Å². The van der Waals surface area contributed by atoms with Crippen molar-refractivity contribution in [3.05, 3.63) is 23.5 Å². The molecule has 7 heteroatoms. The highest BCUT2D eigenvalue weighted by atomic mass is 16.5. The van der Waals surface area contributed by atoms with Crippen LogP contribution in [0.1, 0.15) is 27.8 Å². The van der Waals surface area contributed by atoms with Crippen LogP contribution in [-0.2, 0) is 16.6 Å². The summed E-state index contributed by atoms with van der Waals surface area (Å²) in [6.45, 7) is 1.26. The number of carboxylic acid groups (broad SMARTS) is 1. The topological polar surface area (TPSA) is 97.6 Å². The van der Waals surface area contributed by atoms with E-state index in [1.54, 1.807) is 7.05 Å². The summed E-state index contributed by atoms with van der Waals surface area (Å²) < 4.78 is 6.19. The van der Waals surface area contributed by atoms with E-state index in [0.29, 0.717) is 5.56 Å². The van der Waals surface area contributed by atoms with Crippen LogP contribution >= 0.6 is 0 Å². The minimum atomic E-state index is -1.18. The molecule has 0 saturated carbocycles. The quantitative estimate of drug-likeness (QED) is 0.711. The second-order valence-electron chi connectivity index (χ2n) is 4.10. The number of aliphatic carboxylic acids is 1. The Bertz CT molecular complexity index is 506. The highest BCUT2D eigenvalue weighted by Crippen LogP contribution is 2.08. The minimum absolute atomic E-state index is 0.134. The first kappa shape index (κ1) is 14.9. The molecule has 0 saturated heterocycles. The number of ether oxygens (including phenoxy) is 1. The second kappa shape index (κ2) is 6.14. The Morgan fingerprint density at radius 2 is 2.11 bits per heavy atom. The van der Waals surface area contributed by atoms with Crippen LogP contribution in [0.3, 0.4) is 0 Å². The van der Waals surface area contributed by atoms with E-state index in [1.807, 2.05) is 0 Å². The third-order valence-electron chi connectivity index (χ3n) is 2.58. The van der Waals surface area contributed by atoms with E-state index in [4.69, 9.17) is 9.84 Å². The Labute approximate surface area is 110 Å². The normalized spacial score (nSPS) is 11.9. The van der Waals surface area contributed by atoms with Crippen LogP contribution in [0.4, 0.5) is 0 Å². The van der Waals surface area contributed by atoms with Gasteiger partial charge >= 0.3 is 5.97 Å². The van der Waals surface area contributed by atoms with Crippen molar-refractivity contribution >= 4 is 17.7 Å². The van der Waals surface area contributed by atoms with Gasteiger partial charge in [0.25, 0.3) is 5.91 Å². The van der Waals surface area contributed by atoms with E-state index in [2.05, 4.69) is 5.32 Å². The Morgan fingerprint density at radius 3 is 2.53 bits per heavy atom. The van der Waals surface area contributed by atoms with Crippen LogP contribution in [-0.4, -0.2) is 47.1 Å². The zero-order valence-electron chi connectivity index (χ0n) is 11.0. The van der Waals surface area contributed by atoms with Gasteiger partial charge in [-0.2, -0.15) is 0 Å². The van der Waals surface area contributed by atoms with Gasteiger partial charge in [-0.15, -0.1) is 0 Å². The first-order valence-corrected chi connectivity index (χ1v) is 5.56. The van der Waals surface area contributed by atoms with Crippen molar-refractivity contribution in [2.24, 2.45) is 7.05 Å². The molecule has 1 heterocycles. The summed E-state index contributed by atoms with van der Waals surface area (Å²) in [6.07, 6.45) is 1.52. The van der Waals surface area contributed by atoms with Crippen LogP contribution in [0.15, 0.2) is 12.3 Å². The SMILES string of the molecule is COCC(NC(=O)c1cc(C(C)=O)cn1C)C(=O)O. The number of ketones is 1. The van der Waals surface area contributed by atoms with Crippen LogP contribution < -0.4 is 5.32 Å². The molecule has 0 bridgehead atoms. The van der Waals surface area contributed by atoms with Crippen molar-refractivity contribution in [2.75, 3.05) is 13.7 Å². The number of rotatable bonds is 6. The largest absolute Gasteiger partial charge is 0.480 e. The molecule has 0 radical (unpaired) electrons. The zero-order valence-corrected chi connectivity index (χ0v) is 11.0. The molecule has 0 aliphatic rings. The molecule has 19 heavy (non-hydrogen) atoms. The maximum atomic E-state index is 11.9. The summed E-state index contributed by atoms with van der Waals surface area (Å²) in [5.41, 5.74) is 0.610. The third-order valence-corrected chi connectivity index (χ3v) is 2.58. The third kappa shape index (κ3) is 3.65. The van der Waals surface area contributed by atoms with E-state index < -0.39 is 17.9 Å². The molecule has 7 nitrogen and oxygen atoms in total. The smallest absolute Gasteiger partial charge is 0.328 e. The number of aromatic nitrogens is 1. The second-order valence-corrected chi connectivity index (χ2v) is 4.10. The number of carbonyl (C=O) groups is 3. The van der Waals surface area contributed by atoms with Gasteiger partial charge in [-0.3, -0.25) is 9.59 Å². The number of nitrogens with one attached hydrogen (secondary N) is 1. The molecule has 1 aromatic heterocycles. The van der Waals surface area contributed by atoms with Crippen molar-refractivity contribution < 1.29 is 24.2 Å². The predicted octanol–water partition coefficient (Wildman–Crippen LogP) is 0.0571. The molecule has 104 valence electrons. The molecule has 0 aliphatic carbocycles. The molecule has 1 amide bonds. The molecule has 0 aliphatic heterocycles. The lowest BCUT2D eigenvalue weighted by molar-refractivity contribution is -0.140. The monoisotopic (exact) mass is 268 g/mol. The highest BCUT2D eigenvalue weighted by molar-refractivity contribution is 6.00. The molecule has 0 aromatic carbocycles. The fourth-order valence-electron chi connectivity index (χ4n) is 1.56. The van der Waals surface area contributed by atoms with Gasteiger partial charge in [0.15, 0.2) is 11.8 Å². The molecule has 1 rings (SSSR count). The van der Waals surface area contributed by atoms with Gasteiger partial charge in [0, 0.05) is 25.9 Å². The number of hydrogen-bond donors (Lipinski definition) is 2. The maximum Gasteiger partial charge on any atom is 0.328 e. The minimum Gasteiger partial charge on any atom is -0.480 e. The van der Waals surface area contributed by atoms with E-state index in [0.717, 1.165) is 0 Å². The van der Waals surface area contributed by atoms with Crippen LogP contribution in [0.25, 0.3) is 0 Å². The van der Waals surface area contributed by atoms with E-state index in [-0.39, 0.29) is 18.1 Å². The van der Waals surface area contributed by atoms with Gasteiger partial charge in [0.05, 0.1) is 6.61 Å². The number of amides is 1. The first-order chi connectivity index (χ1) is 8.86. The molecule has 1 unspecified atom stereocenters. The fraction of sp³-hybridized carbons (Fsp3) is 0.417. The van der Waals surface area contributed by atoms with Crippen molar-refractivity contribution in [1.82, 2.24) is 9.88 Å². The van der Waals surface area contributed by atoms with Crippen LogP contribution in [0, 0.1) is 0 Å². The van der Waals surface area contributed by atoms with Crippen LogP contribution in [0.2, 0.25) is 0 Å². The average molecular weight is 268 g/mol. The Kier molecular flexibility index (Phi) is 4.82. The van der Waals surface area contributed by atoms with E-state index in [9.17, 15) is 14.4 Å². The van der Waals surface area contributed by atoms with Gasteiger partial charge < -0.3 is 19.7 Å². The van der Waals surface area contributed by atoms with Gasteiger partial charge in [0.1, 0.15) is 5.69 Å². The van der Waals surface area contributed by atoms with E-state index >= 15 is 0 Å². The van der Waals surface area contributed by atoms with Gasteiger partial charge in [-0.1, -0.05) is 0 Å². The molecule has 0 fully saturated rings. The lowest BCUT2D eigenvalue weighted by atomic mass is 10.2. The van der Waals surface area contributed by atoms with Gasteiger partial charge in [-0.25, -0.2) is 4.79 Å². The summed E-state index contributed by atoms with van der Waals surface area (Å²) in [6, 6.07) is 0.289. The molecule has 2 N–H and O–H groups in total. The number of Topliss-reactive ketones (excluding diaryl/α,β-unsaturated/α-hetero) is 1. The number of hydrogen-bond acceptors (Lipinski definition) is 4. The predicted molar refractivity (Wildman–Crippen MR) is 66.2 cm³/mol. The number of methoxy groups -OCH3 is 1. The lowest BCUT2D eigenvalue weighted by Gasteiger charge is -2.13. The molecule has 1 atom stereocenters. The molecule has 1 aromatic rings. The molecular formula is C12H16N2O5. The Balaban J connectivity index is 2.88. The van der Waals surface area contributed by atoms with Crippen molar-refractivity contribution in [3.63, 3.8) is 0 Å². The van der Waals surface area contributed by atoms with Crippen molar-refractivity contribution in [3.8, 4) is 0 Å². The summed E-state index contributed by atoms with van der Waals surface area (Å²) >= 11 is 0. The zero-order chi connectivity index (χ0) is 14.6. The Hall–Kier alpha value is -2.15. The average Bonchev–Trinajstić information content (AvgIpc) is 2.70. The number of nitrogens with zero attached hydrogens (tertiary/aromatic N) is 1. The fourth-order valence-corrected chi connectivity index (χ4v) is 1.56. The van der Waals surface area contributed by atoms with Crippen molar-refractivity contribution in [1.29, 1.82) is 0 Å².